The van der Waals surface area contributed by atoms with Crippen molar-refractivity contribution in [1.29, 1.82) is 0 Å². The average Bonchev–Trinajstić information content (AvgIpc) is 2.49. The van der Waals surface area contributed by atoms with E-state index < -0.39 is 10.0 Å². The van der Waals surface area contributed by atoms with Gasteiger partial charge >= 0.3 is 0 Å². The van der Waals surface area contributed by atoms with Crippen molar-refractivity contribution in [2.24, 2.45) is 0 Å². The topological polar surface area (TPSA) is 70.2 Å². The van der Waals surface area contributed by atoms with Crippen LogP contribution in [-0.4, -0.2) is 35.1 Å². The van der Waals surface area contributed by atoms with Gasteiger partial charge in [-0.3, -0.25) is 0 Å². The zero-order valence-corrected chi connectivity index (χ0v) is 12.5. The fraction of sp³-hybridized carbons (Fsp3) is 0.429. The van der Waals surface area contributed by atoms with E-state index >= 15 is 0 Å². The Kier molecular flexibility index (Phi) is 5.17. The Morgan fingerprint density at radius 1 is 1.25 bits per heavy atom. The Balaban J connectivity index is 1.86. The molecule has 1 aromatic rings. The van der Waals surface area contributed by atoms with Crippen LogP contribution >= 0.6 is 0 Å². The summed E-state index contributed by atoms with van der Waals surface area (Å²) in [6, 6.07) is 6.80. The van der Waals surface area contributed by atoms with Gasteiger partial charge in [-0.25, -0.2) is 13.1 Å². The number of benzene rings is 1. The van der Waals surface area contributed by atoms with E-state index in [-0.39, 0.29) is 4.90 Å². The molecule has 0 fully saturated rings. The van der Waals surface area contributed by atoms with E-state index in [1.165, 1.54) is 12.6 Å². The lowest BCUT2D eigenvalue weighted by Gasteiger charge is -2.14. The third kappa shape index (κ3) is 4.06. The van der Waals surface area contributed by atoms with Crippen LogP contribution in [-0.2, 0) is 10.0 Å². The molecule has 1 aromatic carbocycles. The Bertz CT molecular complexity index is 565. The van der Waals surface area contributed by atoms with Gasteiger partial charge in [0, 0.05) is 18.8 Å². The number of anilines is 1. The van der Waals surface area contributed by atoms with E-state index in [2.05, 4.69) is 21.4 Å². The monoisotopic (exact) mass is 295 g/mol. The zero-order chi connectivity index (χ0) is 14.4. The van der Waals surface area contributed by atoms with Gasteiger partial charge in [0.25, 0.3) is 0 Å². The largest absolute Gasteiger partial charge is 0.385 e. The van der Waals surface area contributed by atoms with Crippen molar-refractivity contribution >= 4 is 15.7 Å². The highest BCUT2D eigenvalue weighted by Crippen LogP contribution is 2.15. The molecule has 0 unspecified atom stereocenters. The lowest BCUT2D eigenvalue weighted by molar-refractivity contribution is 0.588. The quantitative estimate of drug-likeness (QED) is 0.692. The maximum atomic E-state index is 11.6. The van der Waals surface area contributed by atoms with Crippen molar-refractivity contribution in [2.75, 3.05) is 32.0 Å². The first-order valence-electron chi connectivity index (χ1n) is 6.78. The summed E-state index contributed by atoms with van der Waals surface area (Å²) in [5.41, 5.74) is 2.42. The van der Waals surface area contributed by atoms with Crippen LogP contribution in [0.4, 0.5) is 5.69 Å². The first kappa shape index (κ1) is 15.0. The van der Waals surface area contributed by atoms with Gasteiger partial charge in [0.1, 0.15) is 0 Å². The Morgan fingerprint density at radius 2 is 2.00 bits per heavy atom. The highest BCUT2D eigenvalue weighted by atomic mass is 32.2. The summed E-state index contributed by atoms with van der Waals surface area (Å²) >= 11 is 0. The van der Waals surface area contributed by atoms with Crippen molar-refractivity contribution in [3.63, 3.8) is 0 Å². The van der Waals surface area contributed by atoms with E-state index in [9.17, 15) is 8.42 Å². The third-order valence-electron chi connectivity index (χ3n) is 3.37. The molecule has 0 spiro atoms. The summed E-state index contributed by atoms with van der Waals surface area (Å²) in [5.74, 6) is 0. The van der Waals surface area contributed by atoms with Crippen LogP contribution in [0.2, 0.25) is 0 Å². The molecule has 110 valence electrons. The van der Waals surface area contributed by atoms with Crippen LogP contribution in [0, 0.1) is 0 Å². The molecular weight excluding hydrogens is 274 g/mol. The summed E-state index contributed by atoms with van der Waals surface area (Å²) in [6.07, 6.45) is 4.38. The Labute approximate surface area is 120 Å². The first-order valence-corrected chi connectivity index (χ1v) is 8.26. The molecule has 6 heteroatoms. The summed E-state index contributed by atoms with van der Waals surface area (Å²) in [7, 11) is -1.94. The molecule has 1 heterocycles. The molecule has 0 saturated carbocycles. The molecule has 2 rings (SSSR count). The Hall–Kier alpha value is -1.37. The second kappa shape index (κ2) is 6.88. The van der Waals surface area contributed by atoms with E-state index in [0.29, 0.717) is 0 Å². The van der Waals surface area contributed by atoms with Crippen LogP contribution in [0.1, 0.15) is 12.8 Å². The number of nitrogens with one attached hydrogen (secondary N) is 3. The maximum Gasteiger partial charge on any atom is 0.240 e. The molecule has 0 bridgehead atoms. The van der Waals surface area contributed by atoms with Gasteiger partial charge in [0.15, 0.2) is 0 Å². The average molecular weight is 295 g/mol. The van der Waals surface area contributed by atoms with Gasteiger partial charge in [-0.05, 0) is 50.7 Å². The van der Waals surface area contributed by atoms with Crippen LogP contribution in [0.3, 0.4) is 0 Å². The summed E-state index contributed by atoms with van der Waals surface area (Å²) in [6.45, 7) is 2.89. The molecule has 0 radical (unpaired) electrons. The number of hydrogen-bond donors (Lipinski definition) is 3. The molecule has 1 aliphatic heterocycles. The lowest BCUT2D eigenvalue weighted by Crippen LogP contribution is -2.21. The molecule has 0 aromatic heterocycles. The molecule has 3 N–H and O–H groups in total. The van der Waals surface area contributed by atoms with Gasteiger partial charge < -0.3 is 10.6 Å². The standard InChI is InChI=1S/C14H21N3O2S/c1-15-20(18,19)14-4-2-13(3-5-14)17-11-8-12-6-9-16-10-7-12/h2-6,15-17H,7-11H2,1H3. The van der Waals surface area contributed by atoms with Crippen molar-refractivity contribution in [2.45, 2.75) is 17.7 Å². The highest BCUT2D eigenvalue weighted by molar-refractivity contribution is 7.89. The highest BCUT2D eigenvalue weighted by Gasteiger charge is 2.10. The smallest absolute Gasteiger partial charge is 0.240 e. The SMILES string of the molecule is CNS(=O)(=O)c1ccc(NCCC2=CCNCC2)cc1. The number of rotatable bonds is 6. The molecule has 0 amide bonds. The third-order valence-corrected chi connectivity index (χ3v) is 4.80. The minimum Gasteiger partial charge on any atom is -0.385 e. The van der Waals surface area contributed by atoms with Crippen molar-refractivity contribution in [3.05, 3.63) is 35.9 Å². The van der Waals surface area contributed by atoms with Crippen LogP contribution in [0.15, 0.2) is 40.8 Å². The maximum absolute atomic E-state index is 11.6. The summed E-state index contributed by atoms with van der Waals surface area (Å²) < 4.78 is 25.5. The van der Waals surface area contributed by atoms with E-state index in [0.717, 1.165) is 38.2 Å². The number of sulfonamides is 1. The normalized spacial score (nSPS) is 15.8. The summed E-state index contributed by atoms with van der Waals surface area (Å²) in [5, 5.41) is 6.60. The molecule has 0 atom stereocenters. The molecule has 1 aliphatic rings. The van der Waals surface area contributed by atoms with Gasteiger partial charge in [-0.1, -0.05) is 11.6 Å². The van der Waals surface area contributed by atoms with Gasteiger partial charge in [-0.15, -0.1) is 0 Å². The molecule has 0 saturated heterocycles. The van der Waals surface area contributed by atoms with Crippen molar-refractivity contribution < 1.29 is 8.42 Å². The fourth-order valence-corrected chi connectivity index (χ4v) is 2.86. The minimum absolute atomic E-state index is 0.284. The van der Waals surface area contributed by atoms with E-state index in [1.54, 1.807) is 24.3 Å². The Morgan fingerprint density at radius 3 is 2.60 bits per heavy atom. The van der Waals surface area contributed by atoms with Gasteiger partial charge in [0.05, 0.1) is 4.90 Å². The number of hydrogen-bond acceptors (Lipinski definition) is 4. The molecule has 20 heavy (non-hydrogen) atoms. The molecule has 0 aliphatic carbocycles. The summed E-state index contributed by atoms with van der Waals surface area (Å²) in [4.78, 5) is 0.284. The predicted octanol–water partition coefficient (Wildman–Crippen LogP) is 1.32. The molecular formula is C14H21N3O2S. The van der Waals surface area contributed by atoms with Crippen LogP contribution in [0.25, 0.3) is 0 Å². The zero-order valence-electron chi connectivity index (χ0n) is 11.6. The van der Waals surface area contributed by atoms with E-state index in [4.69, 9.17) is 0 Å². The minimum atomic E-state index is -3.35. The van der Waals surface area contributed by atoms with E-state index in [1.807, 2.05) is 0 Å². The molecule has 5 nitrogen and oxygen atoms in total. The van der Waals surface area contributed by atoms with Crippen LogP contribution in [0.5, 0.6) is 0 Å². The first-order chi connectivity index (χ1) is 9.62. The second-order valence-corrected chi connectivity index (χ2v) is 6.61. The lowest BCUT2D eigenvalue weighted by atomic mass is 10.1. The van der Waals surface area contributed by atoms with Crippen LogP contribution < -0.4 is 15.4 Å². The van der Waals surface area contributed by atoms with Gasteiger partial charge in [0.2, 0.25) is 10.0 Å². The van der Waals surface area contributed by atoms with Gasteiger partial charge in [-0.2, -0.15) is 0 Å². The fourth-order valence-electron chi connectivity index (χ4n) is 2.13. The predicted molar refractivity (Wildman–Crippen MR) is 81.4 cm³/mol. The van der Waals surface area contributed by atoms with Crippen molar-refractivity contribution in [3.8, 4) is 0 Å². The second-order valence-electron chi connectivity index (χ2n) is 4.73. The van der Waals surface area contributed by atoms with Crippen molar-refractivity contribution in [1.82, 2.24) is 10.0 Å².